The maximum atomic E-state index is 12.6. The first kappa shape index (κ1) is 19.4. The van der Waals surface area contributed by atoms with E-state index >= 15 is 0 Å². The van der Waals surface area contributed by atoms with Crippen molar-refractivity contribution in [1.29, 1.82) is 0 Å². The Balaban J connectivity index is 2.10. The smallest absolute Gasteiger partial charge is 0.328 e. The summed E-state index contributed by atoms with van der Waals surface area (Å²) in [5.74, 6) is -1.81. The predicted octanol–water partition coefficient (Wildman–Crippen LogP) is 0.691. The maximum absolute atomic E-state index is 12.6. The highest BCUT2D eigenvalue weighted by molar-refractivity contribution is 7.89. The minimum Gasteiger partial charge on any atom is -0.480 e. The lowest BCUT2D eigenvalue weighted by atomic mass is 10.2. The van der Waals surface area contributed by atoms with Gasteiger partial charge in [-0.15, -0.1) is 0 Å². The number of ether oxygens (including phenoxy) is 1. The van der Waals surface area contributed by atoms with Gasteiger partial charge in [0, 0.05) is 25.8 Å². The van der Waals surface area contributed by atoms with Gasteiger partial charge in [0.15, 0.2) is 6.04 Å². The molecule has 1 unspecified atom stereocenters. The van der Waals surface area contributed by atoms with Crippen LogP contribution in [0.3, 0.4) is 0 Å². The molecule has 0 radical (unpaired) electrons. The molecule has 0 aromatic heterocycles. The fraction of sp³-hybridized carbons (Fsp3) is 0.500. The zero-order valence-electron chi connectivity index (χ0n) is 14.0. The highest BCUT2D eigenvalue weighted by Gasteiger charge is 2.26. The number of benzene rings is 1. The largest absolute Gasteiger partial charge is 0.480 e. The lowest BCUT2D eigenvalue weighted by molar-refractivity contribution is -0.140. The van der Waals surface area contributed by atoms with Crippen molar-refractivity contribution in [2.24, 2.45) is 0 Å². The molecule has 2 rings (SSSR count). The van der Waals surface area contributed by atoms with Crippen LogP contribution in [0.5, 0.6) is 0 Å². The van der Waals surface area contributed by atoms with E-state index in [-0.39, 0.29) is 17.1 Å². The van der Waals surface area contributed by atoms with Crippen LogP contribution in [0.15, 0.2) is 29.2 Å². The van der Waals surface area contributed by atoms with Crippen molar-refractivity contribution >= 4 is 21.9 Å². The Bertz CT molecular complexity index is 711. The van der Waals surface area contributed by atoms with Crippen LogP contribution in [-0.2, 0) is 19.6 Å². The van der Waals surface area contributed by atoms with Gasteiger partial charge in [-0.3, -0.25) is 4.79 Å². The van der Waals surface area contributed by atoms with Crippen LogP contribution in [0, 0.1) is 0 Å². The number of nitrogens with one attached hydrogen (secondary N) is 1. The number of hydrogen-bond donors (Lipinski definition) is 2. The Kier molecular flexibility index (Phi) is 6.51. The molecule has 1 aromatic carbocycles. The molecule has 1 aromatic rings. The standard InChI is InChI=1S/C16H22N2O6S/c1-24-11-14(16(20)21)17-15(19)12-5-7-13(8-6-12)25(22,23)18-9-3-2-4-10-18/h5-8,14H,2-4,9-11H2,1H3,(H,17,19)(H,20,21). The van der Waals surface area contributed by atoms with E-state index in [9.17, 15) is 18.0 Å². The number of aliphatic carboxylic acids is 1. The molecule has 1 atom stereocenters. The molecule has 1 fully saturated rings. The fourth-order valence-corrected chi connectivity index (χ4v) is 4.13. The summed E-state index contributed by atoms with van der Waals surface area (Å²) in [5, 5.41) is 11.3. The minimum atomic E-state index is -3.56. The summed E-state index contributed by atoms with van der Waals surface area (Å²) in [6.07, 6.45) is 2.71. The average Bonchev–Trinajstić information content (AvgIpc) is 2.62. The van der Waals surface area contributed by atoms with Crippen molar-refractivity contribution in [1.82, 2.24) is 9.62 Å². The van der Waals surface area contributed by atoms with Gasteiger partial charge in [0.1, 0.15) is 0 Å². The zero-order valence-corrected chi connectivity index (χ0v) is 14.8. The number of methoxy groups -OCH3 is 1. The molecular weight excluding hydrogens is 348 g/mol. The van der Waals surface area contributed by atoms with Crippen molar-refractivity contribution < 1.29 is 27.9 Å². The molecule has 0 saturated carbocycles. The van der Waals surface area contributed by atoms with E-state index in [0.29, 0.717) is 13.1 Å². The maximum Gasteiger partial charge on any atom is 0.328 e. The van der Waals surface area contributed by atoms with Crippen molar-refractivity contribution in [3.05, 3.63) is 29.8 Å². The molecule has 1 amide bonds. The first-order chi connectivity index (χ1) is 11.9. The lowest BCUT2D eigenvalue weighted by Crippen LogP contribution is -2.43. The number of carbonyl (C=O) groups is 2. The van der Waals surface area contributed by atoms with Gasteiger partial charge in [0.2, 0.25) is 10.0 Å². The quantitative estimate of drug-likeness (QED) is 0.730. The average molecular weight is 370 g/mol. The van der Waals surface area contributed by atoms with Gasteiger partial charge in [-0.05, 0) is 37.1 Å². The number of carbonyl (C=O) groups excluding carboxylic acids is 1. The molecule has 1 aliphatic rings. The number of carboxylic acids is 1. The van der Waals surface area contributed by atoms with Crippen LogP contribution in [0.2, 0.25) is 0 Å². The minimum absolute atomic E-state index is 0.123. The molecule has 0 bridgehead atoms. The molecule has 1 heterocycles. The highest BCUT2D eigenvalue weighted by atomic mass is 32.2. The van der Waals surface area contributed by atoms with Gasteiger partial charge in [-0.1, -0.05) is 6.42 Å². The number of piperidine rings is 1. The van der Waals surface area contributed by atoms with Crippen LogP contribution in [0.25, 0.3) is 0 Å². The first-order valence-electron chi connectivity index (χ1n) is 7.99. The van der Waals surface area contributed by atoms with Gasteiger partial charge < -0.3 is 15.2 Å². The number of amides is 1. The van der Waals surface area contributed by atoms with E-state index in [1.165, 1.54) is 35.7 Å². The second-order valence-corrected chi connectivity index (χ2v) is 7.75. The second-order valence-electron chi connectivity index (χ2n) is 5.81. The molecule has 8 nitrogen and oxygen atoms in total. The summed E-state index contributed by atoms with van der Waals surface area (Å²) in [6, 6.07) is 4.31. The van der Waals surface area contributed by atoms with Crippen molar-refractivity contribution in [2.75, 3.05) is 26.8 Å². The zero-order chi connectivity index (χ0) is 18.4. The second kappa shape index (κ2) is 8.41. The van der Waals surface area contributed by atoms with Gasteiger partial charge in [0.25, 0.3) is 5.91 Å². The summed E-state index contributed by atoms with van der Waals surface area (Å²) in [7, 11) is -2.23. The Morgan fingerprint density at radius 3 is 2.32 bits per heavy atom. The summed E-state index contributed by atoms with van der Waals surface area (Å²) in [5.41, 5.74) is 0.181. The van der Waals surface area contributed by atoms with E-state index < -0.39 is 27.9 Å². The van der Waals surface area contributed by atoms with E-state index in [1.807, 2.05) is 0 Å². The predicted molar refractivity (Wildman–Crippen MR) is 89.8 cm³/mol. The molecule has 0 spiro atoms. The third-order valence-corrected chi connectivity index (χ3v) is 5.92. The number of carboxylic acid groups (broad SMARTS) is 1. The first-order valence-corrected chi connectivity index (χ1v) is 9.43. The third-order valence-electron chi connectivity index (χ3n) is 4.01. The van der Waals surface area contributed by atoms with Gasteiger partial charge in [-0.25, -0.2) is 13.2 Å². The Labute approximate surface area is 146 Å². The molecule has 138 valence electrons. The van der Waals surface area contributed by atoms with Crippen LogP contribution < -0.4 is 5.32 Å². The fourth-order valence-electron chi connectivity index (χ4n) is 2.62. The van der Waals surface area contributed by atoms with Crippen molar-refractivity contribution in [3.63, 3.8) is 0 Å². The van der Waals surface area contributed by atoms with Crippen LogP contribution in [0.4, 0.5) is 0 Å². The Morgan fingerprint density at radius 2 is 1.80 bits per heavy atom. The lowest BCUT2D eigenvalue weighted by Gasteiger charge is -2.25. The van der Waals surface area contributed by atoms with Crippen molar-refractivity contribution in [3.8, 4) is 0 Å². The number of hydrogen-bond acceptors (Lipinski definition) is 5. The number of nitrogens with zero attached hydrogens (tertiary/aromatic N) is 1. The van der Waals surface area contributed by atoms with Gasteiger partial charge >= 0.3 is 5.97 Å². The van der Waals surface area contributed by atoms with Crippen LogP contribution >= 0.6 is 0 Å². The summed E-state index contributed by atoms with van der Waals surface area (Å²) >= 11 is 0. The highest BCUT2D eigenvalue weighted by Crippen LogP contribution is 2.20. The van der Waals surface area contributed by atoms with Crippen molar-refractivity contribution in [2.45, 2.75) is 30.2 Å². The summed E-state index contributed by atoms with van der Waals surface area (Å²) < 4.78 is 31.3. The summed E-state index contributed by atoms with van der Waals surface area (Å²) in [4.78, 5) is 23.3. The molecule has 1 saturated heterocycles. The van der Waals surface area contributed by atoms with Gasteiger partial charge in [-0.2, -0.15) is 4.31 Å². The third kappa shape index (κ3) is 4.77. The number of sulfonamides is 1. The Hall–Kier alpha value is -1.97. The number of rotatable bonds is 7. The monoisotopic (exact) mass is 370 g/mol. The Morgan fingerprint density at radius 1 is 1.20 bits per heavy atom. The normalized spacial score (nSPS) is 17.0. The molecule has 9 heteroatoms. The van der Waals surface area contributed by atoms with Crippen LogP contribution in [-0.4, -0.2) is 62.6 Å². The summed E-state index contributed by atoms with van der Waals surface area (Å²) in [6.45, 7) is 0.840. The van der Waals surface area contributed by atoms with Crippen LogP contribution in [0.1, 0.15) is 29.6 Å². The SMILES string of the molecule is COCC(NC(=O)c1ccc(S(=O)(=O)N2CCCCC2)cc1)C(=O)O. The molecule has 1 aliphatic heterocycles. The molecule has 0 aliphatic carbocycles. The molecule has 25 heavy (non-hydrogen) atoms. The van der Waals surface area contributed by atoms with E-state index in [0.717, 1.165) is 19.3 Å². The van der Waals surface area contributed by atoms with Gasteiger partial charge in [0.05, 0.1) is 11.5 Å². The van der Waals surface area contributed by atoms with E-state index in [4.69, 9.17) is 9.84 Å². The molecular formula is C16H22N2O6S. The van der Waals surface area contributed by atoms with E-state index in [2.05, 4.69) is 5.32 Å². The topological polar surface area (TPSA) is 113 Å². The molecule has 2 N–H and O–H groups in total. The van der Waals surface area contributed by atoms with E-state index in [1.54, 1.807) is 0 Å².